The second-order valence-electron chi connectivity index (χ2n) is 4.23. The zero-order valence-electron chi connectivity index (χ0n) is 10.8. The predicted molar refractivity (Wildman–Crippen MR) is 74.4 cm³/mol. The molecule has 94 valence electrons. The summed E-state index contributed by atoms with van der Waals surface area (Å²) < 4.78 is 5.09. The average Bonchev–Trinajstić information content (AvgIpc) is 2.36. The molecule has 4 heteroatoms. The Labute approximate surface area is 107 Å². The van der Waals surface area contributed by atoms with E-state index < -0.39 is 0 Å². The second-order valence-corrected chi connectivity index (χ2v) is 4.23. The number of aromatic nitrogens is 1. The van der Waals surface area contributed by atoms with Gasteiger partial charge in [0.2, 0.25) is 5.88 Å². The van der Waals surface area contributed by atoms with Gasteiger partial charge in [-0.2, -0.15) is 4.98 Å². The number of pyridine rings is 1. The first kappa shape index (κ1) is 12.2. The Kier molecular flexibility index (Phi) is 3.37. The van der Waals surface area contributed by atoms with Crippen LogP contribution in [-0.4, -0.2) is 12.1 Å². The van der Waals surface area contributed by atoms with Gasteiger partial charge in [0.1, 0.15) is 0 Å². The number of nitrogens with two attached hydrogens (primary N) is 1. The molecule has 0 aliphatic carbocycles. The van der Waals surface area contributed by atoms with Crippen LogP contribution in [0.3, 0.4) is 0 Å². The van der Waals surface area contributed by atoms with Gasteiger partial charge >= 0.3 is 0 Å². The van der Waals surface area contributed by atoms with Crippen molar-refractivity contribution in [1.29, 1.82) is 0 Å². The lowest BCUT2D eigenvalue weighted by molar-refractivity contribution is 0.398. The van der Waals surface area contributed by atoms with Gasteiger partial charge in [0, 0.05) is 11.8 Å². The lowest BCUT2D eigenvalue weighted by Crippen LogP contribution is -2.02. The van der Waals surface area contributed by atoms with Crippen molar-refractivity contribution in [2.45, 2.75) is 13.8 Å². The normalized spacial score (nSPS) is 10.2. The minimum atomic E-state index is 0.539. The molecule has 4 nitrogen and oxygen atoms in total. The summed E-state index contributed by atoms with van der Waals surface area (Å²) in [6.45, 7) is 4.09. The van der Waals surface area contributed by atoms with E-state index in [0.29, 0.717) is 17.4 Å². The van der Waals surface area contributed by atoms with Crippen molar-refractivity contribution < 1.29 is 4.74 Å². The fourth-order valence-corrected chi connectivity index (χ4v) is 1.66. The van der Waals surface area contributed by atoms with Crippen LogP contribution in [0.15, 0.2) is 30.3 Å². The summed E-state index contributed by atoms with van der Waals surface area (Å²) in [5.41, 5.74) is 9.82. The number of ether oxygens (including phenoxy) is 1. The molecule has 0 bridgehead atoms. The summed E-state index contributed by atoms with van der Waals surface area (Å²) in [7, 11) is 1.58. The minimum absolute atomic E-state index is 0.539. The highest BCUT2D eigenvalue weighted by Crippen LogP contribution is 2.26. The summed E-state index contributed by atoms with van der Waals surface area (Å²) >= 11 is 0. The Bertz CT molecular complexity index is 567. The van der Waals surface area contributed by atoms with Crippen molar-refractivity contribution in [2.75, 3.05) is 18.2 Å². The number of hydrogen-bond donors (Lipinski definition) is 2. The molecule has 0 radical (unpaired) electrons. The fourth-order valence-electron chi connectivity index (χ4n) is 1.66. The summed E-state index contributed by atoms with van der Waals surface area (Å²) in [6.07, 6.45) is 0. The number of aryl methyl sites for hydroxylation is 2. The summed E-state index contributed by atoms with van der Waals surface area (Å²) in [6, 6.07) is 9.72. The number of hydrogen-bond acceptors (Lipinski definition) is 4. The van der Waals surface area contributed by atoms with Crippen LogP contribution in [0.4, 0.5) is 17.2 Å². The summed E-state index contributed by atoms with van der Waals surface area (Å²) in [5, 5.41) is 3.24. The molecule has 0 amide bonds. The number of nitrogen functional groups attached to an aromatic ring is 1. The molecule has 1 aromatic heterocycles. The maximum atomic E-state index is 5.90. The van der Waals surface area contributed by atoms with E-state index in [0.717, 1.165) is 11.3 Å². The third-order valence-corrected chi connectivity index (χ3v) is 2.76. The van der Waals surface area contributed by atoms with Crippen LogP contribution < -0.4 is 15.8 Å². The first-order valence-corrected chi connectivity index (χ1v) is 5.75. The van der Waals surface area contributed by atoms with Gasteiger partial charge in [0.25, 0.3) is 0 Å². The molecule has 0 aliphatic rings. The minimum Gasteiger partial charge on any atom is -0.481 e. The van der Waals surface area contributed by atoms with Gasteiger partial charge in [-0.05, 0) is 37.1 Å². The van der Waals surface area contributed by atoms with Gasteiger partial charge in [0.15, 0.2) is 5.82 Å². The van der Waals surface area contributed by atoms with E-state index in [1.165, 1.54) is 5.56 Å². The highest BCUT2D eigenvalue weighted by Gasteiger charge is 2.05. The molecule has 0 atom stereocenters. The van der Waals surface area contributed by atoms with Crippen LogP contribution >= 0.6 is 0 Å². The molecule has 0 aliphatic heterocycles. The molecule has 1 aromatic carbocycles. The van der Waals surface area contributed by atoms with Crippen molar-refractivity contribution in [2.24, 2.45) is 0 Å². The highest BCUT2D eigenvalue weighted by atomic mass is 16.5. The number of anilines is 3. The van der Waals surface area contributed by atoms with Gasteiger partial charge < -0.3 is 15.8 Å². The van der Waals surface area contributed by atoms with E-state index >= 15 is 0 Å². The predicted octanol–water partition coefficient (Wildman–Crippen LogP) is 3.03. The molecule has 0 fully saturated rings. The molecule has 0 saturated heterocycles. The third-order valence-electron chi connectivity index (χ3n) is 2.76. The Balaban J connectivity index is 2.36. The van der Waals surface area contributed by atoms with E-state index in [9.17, 15) is 0 Å². The standard InChI is InChI=1S/C14H17N3O/c1-9-4-5-10(2)12(8-9)16-14-11(15)6-7-13(17-14)18-3/h4-8H,15H2,1-3H3,(H,16,17). The zero-order valence-corrected chi connectivity index (χ0v) is 10.8. The second kappa shape index (κ2) is 4.96. The molecular weight excluding hydrogens is 226 g/mol. The van der Waals surface area contributed by atoms with Gasteiger partial charge in [-0.1, -0.05) is 12.1 Å². The fraction of sp³-hybridized carbons (Fsp3) is 0.214. The lowest BCUT2D eigenvalue weighted by atomic mass is 10.1. The lowest BCUT2D eigenvalue weighted by Gasteiger charge is -2.12. The summed E-state index contributed by atoms with van der Waals surface area (Å²) in [5.74, 6) is 1.15. The van der Waals surface area contributed by atoms with Crippen LogP contribution in [0, 0.1) is 13.8 Å². The van der Waals surface area contributed by atoms with Crippen LogP contribution in [0.2, 0.25) is 0 Å². The first-order valence-electron chi connectivity index (χ1n) is 5.75. The topological polar surface area (TPSA) is 60.2 Å². The Morgan fingerprint density at radius 3 is 2.67 bits per heavy atom. The number of rotatable bonds is 3. The molecule has 0 saturated carbocycles. The smallest absolute Gasteiger partial charge is 0.215 e. The van der Waals surface area contributed by atoms with E-state index in [2.05, 4.69) is 28.5 Å². The number of benzene rings is 1. The van der Waals surface area contributed by atoms with Gasteiger partial charge in [-0.15, -0.1) is 0 Å². The van der Waals surface area contributed by atoms with E-state index in [-0.39, 0.29) is 0 Å². The summed E-state index contributed by atoms with van der Waals surface area (Å²) in [4.78, 5) is 4.30. The Morgan fingerprint density at radius 1 is 1.17 bits per heavy atom. The van der Waals surface area contributed by atoms with E-state index in [1.54, 1.807) is 19.2 Å². The highest BCUT2D eigenvalue weighted by molar-refractivity contribution is 5.71. The van der Waals surface area contributed by atoms with Crippen molar-refractivity contribution in [3.8, 4) is 5.88 Å². The molecule has 2 rings (SSSR count). The van der Waals surface area contributed by atoms with Gasteiger partial charge in [-0.3, -0.25) is 0 Å². The van der Waals surface area contributed by atoms with Crippen LogP contribution in [0.1, 0.15) is 11.1 Å². The molecular formula is C14H17N3O. The van der Waals surface area contributed by atoms with E-state index in [1.807, 2.05) is 13.8 Å². The first-order chi connectivity index (χ1) is 8.60. The Morgan fingerprint density at radius 2 is 1.94 bits per heavy atom. The third kappa shape index (κ3) is 2.53. The average molecular weight is 243 g/mol. The number of nitrogens with one attached hydrogen (secondary N) is 1. The maximum Gasteiger partial charge on any atom is 0.215 e. The molecule has 2 aromatic rings. The van der Waals surface area contributed by atoms with Gasteiger partial charge in [-0.25, -0.2) is 0 Å². The maximum absolute atomic E-state index is 5.90. The van der Waals surface area contributed by atoms with Gasteiger partial charge in [0.05, 0.1) is 12.8 Å². The van der Waals surface area contributed by atoms with Crippen molar-refractivity contribution in [1.82, 2.24) is 4.98 Å². The van der Waals surface area contributed by atoms with Crippen molar-refractivity contribution in [3.63, 3.8) is 0 Å². The number of nitrogens with zero attached hydrogens (tertiary/aromatic N) is 1. The van der Waals surface area contributed by atoms with E-state index in [4.69, 9.17) is 10.5 Å². The van der Waals surface area contributed by atoms with Crippen LogP contribution in [-0.2, 0) is 0 Å². The Hall–Kier alpha value is -2.23. The van der Waals surface area contributed by atoms with Crippen molar-refractivity contribution >= 4 is 17.2 Å². The SMILES string of the molecule is COc1ccc(N)c(Nc2cc(C)ccc2C)n1. The zero-order chi connectivity index (χ0) is 13.1. The largest absolute Gasteiger partial charge is 0.481 e. The van der Waals surface area contributed by atoms with Crippen molar-refractivity contribution in [3.05, 3.63) is 41.5 Å². The monoisotopic (exact) mass is 243 g/mol. The molecule has 3 N–H and O–H groups in total. The molecule has 0 unspecified atom stereocenters. The quantitative estimate of drug-likeness (QED) is 0.869. The van der Waals surface area contributed by atoms with Crippen LogP contribution in [0.25, 0.3) is 0 Å². The molecule has 18 heavy (non-hydrogen) atoms. The molecule has 0 spiro atoms. The number of methoxy groups -OCH3 is 1. The molecule has 1 heterocycles. The van der Waals surface area contributed by atoms with Crippen LogP contribution in [0.5, 0.6) is 5.88 Å².